The third-order valence-electron chi connectivity index (χ3n) is 7.04. The first-order valence-corrected chi connectivity index (χ1v) is 13.6. The predicted molar refractivity (Wildman–Crippen MR) is 156 cm³/mol. The number of aliphatic hydroxyl groups is 2. The Labute approximate surface area is 235 Å². The zero-order chi connectivity index (χ0) is 29.4. The number of nitrogens with zero attached hydrogens (tertiary/aromatic N) is 1. The summed E-state index contributed by atoms with van der Waals surface area (Å²) in [6.07, 6.45) is 1.48. The van der Waals surface area contributed by atoms with Gasteiger partial charge in [0.15, 0.2) is 0 Å². The van der Waals surface area contributed by atoms with Gasteiger partial charge in [-0.25, -0.2) is 5.84 Å². The second-order valence-electron chi connectivity index (χ2n) is 10.7. The molecule has 3 aromatic rings. The highest BCUT2D eigenvalue weighted by Crippen LogP contribution is 2.34. The molecular formula is C30H43N5O5. The number of aromatic nitrogens is 1. The number of hydrogen-bond acceptors (Lipinski definition) is 8. The lowest BCUT2D eigenvalue weighted by atomic mass is 9.93. The Bertz CT molecular complexity index is 1270. The van der Waals surface area contributed by atoms with Gasteiger partial charge in [-0.3, -0.25) is 4.79 Å². The normalized spacial score (nSPS) is 15.1. The van der Waals surface area contributed by atoms with E-state index in [0.29, 0.717) is 37.2 Å². The molecule has 1 heterocycles. The second-order valence-corrected chi connectivity index (χ2v) is 10.7. The van der Waals surface area contributed by atoms with Crippen molar-refractivity contribution in [2.75, 3.05) is 13.2 Å². The highest BCUT2D eigenvalue weighted by Gasteiger charge is 2.27. The summed E-state index contributed by atoms with van der Waals surface area (Å²) in [5.74, 6) is 7.29. The van der Waals surface area contributed by atoms with Crippen molar-refractivity contribution in [3.8, 4) is 11.5 Å². The third-order valence-corrected chi connectivity index (χ3v) is 7.04. The number of aliphatic hydroxyl groups excluding tert-OH is 2. The van der Waals surface area contributed by atoms with Crippen LogP contribution in [-0.2, 0) is 11.2 Å². The van der Waals surface area contributed by atoms with Gasteiger partial charge in [0, 0.05) is 35.3 Å². The SMILES string of the molecule is CC(C)CC(C(O)C(C)O)N(N)/C=C(\N)COc1ccc(C(C)c2[nH]c3ccc(O)cc3c2CCNC=O)cc1. The number of rotatable bonds is 15. The largest absolute Gasteiger partial charge is 0.508 e. The van der Waals surface area contributed by atoms with E-state index in [1.807, 2.05) is 44.2 Å². The number of aromatic amines is 1. The minimum atomic E-state index is -1.02. The van der Waals surface area contributed by atoms with E-state index in [9.17, 15) is 20.1 Å². The fourth-order valence-corrected chi connectivity index (χ4v) is 4.90. The molecule has 4 atom stereocenters. The van der Waals surface area contributed by atoms with E-state index in [2.05, 4.69) is 17.2 Å². The number of H-pyrrole nitrogens is 1. The Hall–Kier alpha value is -3.73. The molecule has 0 saturated carbocycles. The molecule has 218 valence electrons. The van der Waals surface area contributed by atoms with E-state index in [4.69, 9.17) is 16.3 Å². The van der Waals surface area contributed by atoms with Gasteiger partial charge in [0.05, 0.1) is 17.8 Å². The van der Waals surface area contributed by atoms with Crippen molar-refractivity contribution < 1.29 is 24.9 Å². The number of hydrazine groups is 1. The van der Waals surface area contributed by atoms with E-state index < -0.39 is 18.2 Å². The Morgan fingerprint density at radius 1 is 1.12 bits per heavy atom. The van der Waals surface area contributed by atoms with Gasteiger partial charge < -0.3 is 41.1 Å². The summed E-state index contributed by atoms with van der Waals surface area (Å²) in [7, 11) is 0. The Balaban J connectivity index is 1.71. The van der Waals surface area contributed by atoms with Crippen LogP contribution in [0.3, 0.4) is 0 Å². The first-order valence-electron chi connectivity index (χ1n) is 13.6. The number of ether oxygens (including phenoxy) is 1. The van der Waals surface area contributed by atoms with Crippen molar-refractivity contribution in [1.82, 2.24) is 15.3 Å². The minimum absolute atomic E-state index is 0.0174. The molecule has 0 fully saturated rings. The molecule has 10 nitrogen and oxygen atoms in total. The van der Waals surface area contributed by atoms with Crippen LogP contribution in [0.4, 0.5) is 0 Å². The summed E-state index contributed by atoms with van der Waals surface area (Å²) >= 11 is 0. The number of phenols is 1. The fourth-order valence-electron chi connectivity index (χ4n) is 4.90. The topological polar surface area (TPSA) is 170 Å². The quantitative estimate of drug-likeness (QED) is 0.0652. The third kappa shape index (κ3) is 7.91. The fraction of sp³-hybridized carbons (Fsp3) is 0.433. The molecule has 3 rings (SSSR count). The van der Waals surface area contributed by atoms with Gasteiger partial charge in [-0.05, 0) is 67.1 Å². The lowest BCUT2D eigenvalue weighted by Gasteiger charge is -2.33. The molecule has 4 unspecified atom stereocenters. The van der Waals surface area contributed by atoms with Crippen molar-refractivity contribution in [2.45, 2.75) is 64.7 Å². The molecule has 1 amide bonds. The van der Waals surface area contributed by atoms with Crippen LogP contribution < -0.4 is 21.6 Å². The van der Waals surface area contributed by atoms with Crippen LogP contribution in [0.5, 0.6) is 11.5 Å². The van der Waals surface area contributed by atoms with Gasteiger partial charge in [-0.1, -0.05) is 32.9 Å². The average Bonchev–Trinajstić information content (AvgIpc) is 3.27. The van der Waals surface area contributed by atoms with Crippen LogP contribution in [0.1, 0.15) is 56.9 Å². The van der Waals surface area contributed by atoms with Crippen molar-refractivity contribution in [1.29, 1.82) is 0 Å². The average molecular weight is 554 g/mol. The zero-order valence-corrected chi connectivity index (χ0v) is 23.7. The van der Waals surface area contributed by atoms with Crippen LogP contribution >= 0.6 is 0 Å². The van der Waals surface area contributed by atoms with Gasteiger partial charge >= 0.3 is 0 Å². The number of hydrogen-bond donors (Lipinski definition) is 7. The molecule has 9 N–H and O–H groups in total. The maximum Gasteiger partial charge on any atom is 0.207 e. The number of fused-ring (bicyclic) bond motifs is 1. The Kier molecular flexibility index (Phi) is 10.8. The van der Waals surface area contributed by atoms with Gasteiger partial charge in [-0.2, -0.15) is 0 Å². The molecule has 0 radical (unpaired) electrons. The number of nitrogens with two attached hydrogens (primary N) is 2. The number of carbonyl (C=O) groups excluding carboxylic acids is 1. The first-order chi connectivity index (χ1) is 19.0. The van der Waals surface area contributed by atoms with E-state index in [0.717, 1.165) is 27.7 Å². The summed E-state index contributed by atoms with van der Waals surface area (Å²) < 4.78 is 5.86. The molecule has 0 spiro atoms. The van der Waals surface area contributed by atoms with Crippen molar-refractivity contribution >= 4 is 17.3 Å². The van der Waals surface area contributed by atoms with Crippen molar-refractivity contribution in [2.24, 2.45) is 17.5 Å². The number of benzene rings is 2. The predicted octanol–water partition coefficient (Wildman–Crippen LogP) is 2.82. The molecule has 0 aliphatic heterocycles. The van der Waals surface area contributed by atoms with E-state index in [-0.39, 0.29) is 24.2 Å². The summed E-state index contributed by atoms with van der Waals surface area (Å²) in [5, 5.41) is 35.3. The van der Waals surface area contributed by atoms with Gasteiger partial charge in [-0.15, -0.1) is 0 Å². The Morgan fingerprint density at radius 3 is 2.45 bits per heavy atom. The van der Waals surface area contributed by atoms with E-state index >= 15 is 0 Å². The van der Waals surface area contributed by atoms with Gasteiger partial charge in [0.25, 0.3) is 0 Å². The summed E-state index contributed by atoms with van der Waals surface area (Å²) in [6.45, 7) is 8.26. The van der Waals surface area contributed by atoms with Crippen LogP contribution in [0.25, 0.3) is 10.9 Å². The van der Waals surface area contributed by atoms with Crippen molar-refractivity contribution in [3.63, 3.8) is 0 Å². The number of carbonyl (C=O) groups is 1. The molecule has 40 heavy (non-hydrogen) atoms. The van der Waals surface area contributed by atoms with Crippen LogP contribution in [0.2, 0.25) is 0 Å². The minimum Gasteiger partial charge on any atom is -0.508 e. The molecule has 0 aliphatic rings. The maximum atomic E-state index is 10.8. The molecular weight excluding hydrogens is 510 g/mol. The van der Waals surface area contributed by atoms with E-state index in [1.54, 1.807) is 12.1 Å². The monoisotopic (exact) mass is 553 g/mol. The standard InChI is InChI=1S/C30H43N5O5/c1-18(2)13-28(30(39)20(4)37)35(32)15-22(31)16-40-24-8-5-21(6-9-24)19(3)29-25(11-12-33-17-36)26-14-23(38)7-10-27(26)34-29/h5-10,14-15,17-20,28,30,34,37-39H,11-13,16,31-32H2,1-4H3,(H,33,36)/b22-15-. The summed E-state index contributed by atoms with van der Waals surface area (Å²) in [6, 6.07) is 12.5. The molecule has 1 aromatic heterocycles. The van der Waals surface area contributed by atoms with Crippen molar-refractivity contribution in [3.05, 3.63) is 71.2 Å². The van der Waals surface area contributed by atoms with E-state index in [1.165, 1.54) is 18.1 Å². The lowest BCUT2D eigenvalue weighted by molar-refractivity contribution is -0.109. The molecule has 0 saturated heterocycles. The first kappa shape index (κ1) is 30.8. The number of amides is 1. The zero-order valence-electron chi connectivity index (χ0n) is 23.7. The summed E-state index contributed by atoms with van der Waals surface area (Å²) in [5.41, 5.74) is 10.6. The smallest absolute Gasteiger partial charge is 0.207 e. The highest BCUT2D eigenvalue weighted by molar-refractivity contribution is 5.86. The van der Waals surface area contributed by atoms with Crippen LogP contribution in [0, 0.1) is 5.92 Å². The van der Waals surface area contributed by atoms with Gasteiger partial charge in [0.2, 0.25) is 6.41 Å². The lowest BCUT2D eigenvalue weighted by Crippen LogP contribution is -2.50. The number of phenolic OH excluding ortho intramolecular Hbond substituents is 1. The number of nitrogens with one attached hydrogen (secondary N) is 2. The molecule has 0 aliphatic carbocycles. The number of aromatic hydroxyl groups is 1. The highest BCUT2D eigenvalue weighted by atomic mass is 16.5. The second kappa shape index (κ2) is 14.1. The van der Waals surface area contributed by atoms with Crippen LogP contribution in [0.15, 0.2) is 54.4 Å². The maximum absolute atomic E-state index is 10.8. The van der Waals surface area contributed by atoms with Gasteiger partial charge in [0.1, 0.15) is 24.2 Å². The molecule has 10 heteroatoms. The Morgan fingerprint density at radius 2 is 1.82 bits per heavy atom. The summed E-state index contributed by atoms with van der Waals surface area (Å²) in [4.78, 5) is 14.3. The molecule has 2 aromatic carbocycles. The van der Waals surface area contributed by atoms with Crippen LogP contribution in [-0.4, -0.2) is 63.1 Å². The molecule has 0 bridgehead atoms.